The molecule has 0 spiro atoms. The fraction of sp³-hybridized carbons (Fsp3) is 0.463. The number of ether oxygens (including phenoxy) is 7. The molecule has 3 unspecified atom stereocenters. The number of aryl methyl sites for hydroxylation is 2. The Bertz CT molecular complexity index is 2250. The third kappa shape index (κ3) is 13.0. The van der Waals surface area contributed by atoms with E-state index in [-0.39, 0.29) is 18.6 Å². The lowest BCUT2D eigenvalue weighted by Gasteiger charge is -2.18. The molecule has 10 heteroatoms. The van der Waals surface area contributed by atoms with Crippen LogP contribution in [0.3, 0.4) is 0 Å². The molecule has 0 bridgehead atoms. The van der Waals surface area contributed by atoms with Crippen LogP contribution in [0, 0.1) is 23.0 Å². The summed E-state index contributed by atoms with van der Waals surface area (Å²) in [6, 6.07) is 26.0. The number of hydrogen-bond acceptors (Lipinski definition) is 8. The summed E-state index contributed by atoms with van der Waals surface area (Å²) in [5.41, 5.74) is 3.50. The van der Waals surface area contributed by atoms with E-state index in [0.717, 1.165) is 106 Å². The quantitative estimate of drug-likeness (QED) is 0.0304. The first-order valence-corrected chi connectivity index (χ1v) is 23.4. The first-order chi connectivity index (χ1) is 31.4. The van der Waals surface area contributed by atoms with E-state index in [9.17, 15) is 0 Å². The molecule has 1 heterocycles. The number of methoxy groups -OCH3 is 1. The van der Waals surface area contributed by atoms with E-state index < -0.39 is 11.6 Å². The van der Waals surface area contributed by atoms with Crippen molar-refractivity contribution in [3.63, 3.8) is 0 Å². The van der Waals surface area contributed by atoms with Gasteiger partial charge < -0.3 is 38.6 Å². The number of hydrogen-bond donors (Lipinski definition) is 1. The van der Waals surface area contributed by atoms with Crippen LogP contribution in [0.25, 0.3) is 21.9 Å². The molecule has 8 nitrogen and oxygen atoms in total. The van der Waals surface area contributed by atoms with E-state index in [4.69, 9.17) is 38.6 Å². The van der Waals surface area contributed by atoms with E-state index in [1.807, 2.05) is 48.5 Å². The first-order valence-electron chi connectivity index (χ1n) is 23.4. The highest BCUT2D eigenvalue weighted by Gasteiger charge is 2.43. The van der Waals surface area contributed by atoms with Gasteiger partial charge >= 0.3 is 0 Å². The van der Waals surface area contributed by atoms with Crippen LogP contribution in [-0.4, -0.2) is 65.2 Å². The van der Waals surface area contributed by atoms with Crippen molar-refractivity contribution < 1.29 is 41.9 Å². The van der Waals surface area contributed by atoms with Gasteiger partial charge in [-0.25, -0.2) is 8.78 Å². The molecule has 1 aliphatic heterocycles. The van der Waals surface area contributed by atoms with Crippen LogP contribution in [0.4, 0.5) is 8.78 Å². The molecule has 7 rings (SSSR count). The van der Waals surface area contributed by atoms with Crippen molar-refractivity contribution in [2.24, 2.45) is 5.92 Å². The van der Waals surface area contributed by atoms with E-state index in [2.05, 4.69) is 6.92 Å². The Morgan fingerprint density at radius 1 is 0.672 bits per heavy atom. The molecule has 1 saturated carbocycles. The Labute approximate surface area is 378 Å². The third-order valence-electron chi connectivity index (χ3n) is 12.3. The Morgan fingerprint density at radius 2 is 1.41 bits per heavy atom. The van der Waals surface area contributed by atoms with Gasteiger partial charge in [0.2, 0.25) is 0 Å². The van der Waals surface area contributed by atoms with Crippen LogP contribution >= 0.6 is 0 Å². The smallest absolute Gasteiger partial charge is 0.166 e. The Balaban J connectivity index is 0.887. The lowest BCUT2D eigenvalue weighted by atomic mass is 9.90. The average molecular weight is 878 g/mol. The van der Waals surface area contributed by atoms with Gasteiger partial charge in [0.15, 0.2) is 23.1 Å². The standard InChI is InChI=1S/C54H65F2NO7/c1-3-27-59-28-9-4-5-11-31-62-48-25-15-39(32-50(48)58-2)37-63-54-43(35-57)34-42(45-13-7-8-14-47(45)54)18-17-41-21-24-46(53(56)52(41)55)40-19-22-44(23-20-40)61-30-12-6-10-29-60-36-38-16-26-49-51(33-38)64-49/h7-8,13-15,19-25,32,34-35,38,49,51,57H,3-6,9-12,16-18,26-31,33,36-37H2,1-2H3. The number of epoxide rings is 1. The van der Waals surface area contributed by atoms with Crippen molar-refractivity contribution in [2.45, 2.75) is 109 Å². The van der Waals surface area contributed by atoms with Crippen molar-refractivity contribution in [3.8, 4) is 34.1 Å². The molecule has 5 aromatic carbocycles. The second kappa shape index (κ2) is 24.3. The molecule has 2 fully saturated rings. The zero-order valence-electron chi connectivity index (χ0n) is 37.6. The minimum absolute atomic E-state index is 0.207. The number of benzene rings is 5. The summed E-state index contributed by atoms with van der Waals surface area (Å²) in [6.07, 6.45) is 14.8. The summed E-state index contributed by atoms with van der Waals surface area (Å²) in [7, 11) is 1.63. The summed E-state index contributed by atoms with van der Waals surface area (Å²) in [6.45, 7) is 6.81. The van der Waals surface area contributed by atoms with Gasteiger partial charge in [-0.1, -0.05) is 67.9 Å². The highest BCUT2D eigenvalue weighted by molar-refractivity contribution is 5.98. The molecule has 5 aromatic rings. The molecule has 1 saturated heterocycles. The van der Waals surface area contributed by atoms with E-state index in [1.54, 1.807) is 43.5 Å². The number of nitrogens with one attached hydrogen (secondary N) is 1. The predicted octanol–water partition coefficient (Wildman–Crippen LogP) is 12.7. The maximum Gasteiger partial charge on any atom is 0.166 e. The fourth-order valence-electron chi connectivity index (χ4n) is 8.65. The summed E-state index contributed by atoms with van der Waals surface area (Å²) in [5.74, 6) is 1.53. The third-order valence-corrected chi connectivity index (χ3v) is 12.3. The van der Waals surface area contributed by atoms with Gasteiger partial charge in [-0.15, -0.1) is 0 Å². The van der Waals surface area contributed by atoms with Crippen LogP contribution < -0.4 is 18.9 Å². The summed E-state index contributed by atoms with van der Waals surface area (Å²) >= 11 is 0. The van der Waals surface area contributed by atoms with Gasteiger partial charge in [-0.2, -0.15) is 0 Å². The van der Waals surface area contributed by atoms with Crippen LogP contribution in [0.15, 0.2) is 84.9 Å². The average Bonchev–Trinajstić information content (AvgIpc) is 4.11. The van der Waals surface area contributed by atoms with Crippen LogP contribution in [-0.2, 0) is 33.7 Å². The van der Waals surface area contributed by atoms with Gasteiger partial charge in [0.25, 0.3) is 0 Å². The number of rotatable bonds is 28. The van der Waals surface area contributed by atoms with Gasteiger partial charge in [-0.3, -0.25) is 0 Å². The molecule has 3 atom stereocenters. The van der Waals surface area contributed by atoms with Gasteiger partial charge in [0.05, 0.1) is 32.5 Å². The van der Waals surface area contributed by atoms with Crippen molar-refractivity contribution >= 4 is 17.0 Å². The summed E-state index contributed by atoms with van der Waals surface area (Å²) < 4.78 is 72.5. The molecule has 0 amide bonds. The Kier molecular flexibility index (Phi) is 17.8. The molecule has 0 radical (unpaired) electrons. The lowest BCUT2D eigenvalue weighted by Crippen LogP contribution is -2.18. The molecular weight excluding hydrogens is 813 g/mol. The Morgan fingerprint density at radius 3 is 2.17 bits per heavy atom. The monoisotopic (exact) mass is 877 g/mol. The topological polar surface area (TPSA) is 91.8 Å². The van der Waals surface area contributed by atoms with E-state index in [1.165, 1.54) is 19.1 Å². The van der Waals surface area contributed by atoms with Gasteiger partial charge in [0.1, 0.15) is 18.1 Å². The zero-order chi connectivity index (χ0) is 44.5. The maximum absolute atomic E-state index is 15.7. The molecule has 1 aliphatic carbocycles. The zero-order valence-corrected chi connectivity index (χ0v) is 37.6. The normalized spacial score (nSPS) is 16.7. The number of unbranched alkanes of at least 4 members (excludes halogenated alkanes) is 5. The molecule has 64 heavy (non-hydrogen) atoms. The second-order valence-electron chi connectivity index (χ2n) is 17.1. The van der Waals surface area contributed by atoms with E-state index in [0.29, 0.717) is 77.4 Å². The minimum Gasteiger partial charge on any atom is -0.494 e. The van der Waals surface area contributed by atoms with Crippen molar-refractivity contribution in [3.05, 3.63) is 119 Å². The second-order valence-corrected chi connectivity index (χ2v) is 17.1. The highest BCUT2D eigenvalue weighted by atomic mass is 19.2. The maximum atomic E-state index is 15.7. The first kappa shape index (κ1) is 46.9. The largest absolute Gasteiger partial charge is 0.494 e. The van der Waals surface area contributed by atoms with Crippen molar-refractivity contribution in [2.75, 3.05) is 46.8 Å². The van der Waals surface area contributed by atoms with Gasteiger partial charge in [-0.05, 0) is 141 Å². The SMILES string of the molecule is CCCOCCCCCCOc1ccc(COc2c(C=N)cc(CCc3ccc(-c4ccc(OCCCCCOCC5CCC6OC6C5)cc4)c(F)c3F)c3ccccc23)cc1OC. The molecule has 342 valence electrons. The minimum atomic E-state index is -0.869. The van der Waals surface area contributed by atoms with Crippen LogP contribution in [0.2, 0.25) is 0 Å². The van der Waals surface area contributed by atoms with Crippen molar-refractivity contribution in [1.82, 2.24) is 0 Å². The lowest BCUT2D eigenvalue weighted by molar-refractivity contribution is 0.0846. The molecule has 2 aliphatic rings. The Hall–Kier alpha value is -5.03. The molecule has 1 N–H and O–H groups in total. The number of halogens is 2. The van der Waals surface area contributed by atoms with Crippen LogP contribution in [0.5, 0.6) is 23.0 Å². The molecule has 0 aromatic heterocycles. The highest BCUT2D eigenvalue weighted by Crippen LogP contribution is 2.40. The summed E-state index contributed by atoms with van der Waals surface area (Å²) in [4.78, 5) is 0. The van der Waals surface area contributed by atoms with Crippen molar-refractivity contribution in [1.29, 1.82) is 5.41 Å². The number of fused-ring (bicyclic) bond motifs is 2. The van der Waals surface area contributed by atoms with Crippen LogP contribution in [0.1, 0.15) is 99.8 Å². The summed E-state index contributed by atoms with van der Waals surface area (Å²) in [5, 5.41) is 10.1. The van der Waals surface area contributed by atoms with Gasteiger partial charge in [0, 0.05) is 49.2 Å². The predicted molar refractivity (Wildman–Crippen MR) is 250 cm³/mol. The van der Waals surface area contributed by atoms with E-state index >= 15 is 8.78 Å². The fourth-order valence-corrected chi connectivity index (χ4v) is 8.65. The molecular formula is C54H65F2NO7.